The van der Waals surface area contributed by atoms with Crippen molar-refractivity contribution >= 4 is 6.03 Å². The molecule has 4 nitrogen and oxygen atoms in total. The van der Waals surface area contributed by atoms with Gasteiger partial charge >= 0.3 is 6.03 Å². The van der Waals surface area contributed by atoms with Crippen molar-refractivity contribution in [2.24, 2.45) is 0 Å². The smallest absolute Gasteiger partial charge is 0.314 e. The molecule has 1 aromatic rings. The molecule has 0 bridgehead atoms. The van der Waals surface area contributed by atoms with Gasteiger partial charge in [0.15, 0.2) is 0 Å². The molecule has 0 aliphatic rings. The predicted molar refractivity (Wildman–Crippen MR) is 82.3 cm³/mol. The van der Waals surface area contributed by atoms with Crippen molar-refractivity contribution < 1.29 is 9.53 Å². The van der Waals surface area contributed by atoms with Crippen LogP contribution in [-0.2, 0) is 5.41 Å². The largest absolute Gasteiger partial charge is 0.492 e. The van der Waals surface area contributed by atoms with E-state index in [9.17, 15) is 4.79 Å². The van der Waals surface area contributed by atoms with Gasteiger partial charge in [-0.25, -0.2) is 4.79 Å². The summed E-state index contributed by atoms with van der Waals surface area (Å²) in [6.07, 6.45) is 0.934. The van der Waals surface area contributed by atoms with Crippen molar-refractivity contribution in [3.05, 3.63) is 29.8 Å². The lowest BCUT2D eigenvalue weighted by atomic mass is 9.87. The van der Waals surface area contributed by atoms with Crippen LogP contribution in [-0.4, -0.2) is 25.7 Å². The topological polar surface area (TPSA) is 50.4 Å². The number of rotatable bonds is 6. The Morgan fingerprint density at radius 2 is 1.90 bits per heavy atom. The summed E-state index contributed by atoms with van der Waals surface area (Å²) >= 11 is 0. The average molecular weight is 278 g/mol. The highest BCUT2D eigenvalue weighted by Crippen LogP contribution is 2.25. The van der Waals surface area contributed by atoms with Crippen molar-refractivity contribution in [2.75, 3.05) is 19.7 Å². The fraction of sp³-hybridized carbons (Fsp3) is 0.562. The average Bonchev–Trinajstić information content (AvgIpc) is 2.41. The third-order valence-electron chi connectivity index (χ3n) is 2.89. The molecule has 1 rings (SSSR count). The Labute approximate surface area is 121 Å². The number of amides is 2. The lowest BCUT2D eigenvalue weighted by molar-refractivity contribution is 0.236. The molecule has 0 unspecified atom stereocenters. The summed E-state index contributed by atoms with van der Waals surface area (Å²) in [4.78, 5) is 11.3. The fourth-order valence-corrected chi connectivity index (χ4v) is 1.69. The van der Waals surface area contributed by atoms with Crippen LogP contribution < -0.4 is 15.4 Å². The minimum Gasteiger partial charge on any atom is -0.492 e. The molecule has 0 atom stereocenters. The first kappa shape index (κ1) is 16.3. The van der Waals surface area contributed by atoms with E-state index in [1.165, 1.54) is 5.56 Å². The summed E-state index contributed by atoms with van der Waals surface area (Å²) in [5, 5.41) is 5.51. The second-order valence-corrected chi connectivity index (χ2v) is 5.81. The van der Waals surface area contributed by atoms with Gasteiger partial charge in [-0.3, -0.25) is 0 Å². The van der Waals surface area contributed by atoms with Gasteiger partial charge in [-0.15, -0.1) is 0 Å². The fourth-order valence-electron chi connectivity index (χ4n) is 1.69. The third-order valence-corrected chi connectivity index (χ3v) is 2.89. The van der Waals surface area contributed by atoms with Gasteiger partial charge in [0.05, 0.1) is 6.54 Å². The first-order valence-corrected chi connectivity index (χ1v) is 7.18. The maximum absolute atomic E-state index is 11.3. The number of ether oxygens (including phenoxy) is 1. The van der Waals surface area contributed by atoms with Crippen LogP contribution in [0.2, 0.25) is 0 Å². The number of urea groups is 1. The Bertz CT molecular complexity index is 425. The van der Waals surface area contributed by atoms with Gasteiger partial charge in [-0.05, 0) is 29.5 Å². The zero-order valence-electron chi connectivity index (χ0n) is 13.0. The van der Waals surface area contributed by atoms with Crippen molar-refractivity contribution in [3.63, 3.8) is 0 Å². The highest BCUT2D eigenvalue weighted by molar-refractivity contribution is 5.73. The van der Waals surface area contributed by atoms with Crippen LogP contribution in [0.1, 0.15) is 39.7 Å². The van der Waals surface area contributed by atoms with Crippen LogP contribution in [0.25, 0.3) is 0 Å². The second-order valence-electron chi connectivity index (χ2n) is 5.81. The van der Waals surface area contributed by atoms with E-state index in [2.05, 4.69) is 43.5 Å². The normalized spacial score (nSPS) is 11.0. The Morgan fingerprint density at radius 1 is 1.20 bits per heavy atom. The van der Waals surface area contributed by atoms with E-state index >= 15 is 0 Å². The van der Waals surface area contributed by atoms with E-state index in [0.717, 1.165) is 12.2 Å². The summed E-state index contributed by atoms with van der Waals surface area (Å²) in [5.74, 6) is 0.841. The highest BCUT2D eigenvalue weighted by atomic mass is 16.5. The molecule has 0 saturated carbocycles. The minimum atomic E-state index is -0.140. The van der Waals surface area contributed by atoms with Gasteiger partial charge in [0.25, 0.3) is 0 Å². The number of hydrogen-bond acceptors (Lipinski definition) is 2. The van der Waals surface area contributed by atoms with E-state index < -0.39 is 0 Å². The predicted octanol–water partition coefficient (Wildman–Crippen LogP) is 3.07. The van der Waals surface area contributed by atoms with Gasteiger partial charge in [0, 0.05) is 6.54 Å². The number of carbonyl (C=O) groups excluding carboxylic acids is 1. The molecule has 0 radical (unpaired) electrons. The number of benzene rings is 1. The van der Waals surface area contributed by atoms with E-state index in [0.29, 0.717) is 19.7 Å². The van der Waals surface area contributed by atoms with Crippen molar-refractivity contribution in [2.45, 2.75) is 39.5 Å². The molecule has 0 aliphatic heterocycles. The molecule has 0 heterocycles. The third kappa shape index (κ3) is 5.95. The molecule has 2 N–H and O–H groups in total. The van der Waals surface area contributed by atoms with E-state index in [-0.39, 0.29) is 11.4 Å². The van der Waals surface area contributed by atoms with Crippen molar-refractivity contribution in [1.29, 1.82) is 0 Å². The molecule has 0 aromatic heterocycles. The lowest BCUT2D eigenvalue weighted by Gasteiger charge is -2.19. The van der Waals surface area contributed by atoms with Gasteiger partial charge in [-0.2, -0.15) is 0 Å². The van der Waals surface area contributed by atoms with Gasteiger partial charge in [0.1, 0.15) is 12.4 Å². The summed E-state index contributed by atoms with van der Waals surface area (Å²) in [5.41, 5.74) is 1.35. The molecule has 112 valence electrons. The molecule has 2 amide bonds. The van der Waals surface area contributed by atoms with Crippen molar-refractivity contribution in [3.8, 4) is 5.75 Å². The number of nitrogens with one attached hydrogen (secondary N) is 2. The molecule has 0 fully saturated rings. The van der Waals surface area contributed by atoms with Gasteiger partial charge in [-0.1, -0.05) is 39.8 Å². The number of hydrogen-bond donors (Lipinski definition) is 2. The summed E-state index contributed by atoms with van der Waals surface area (Å²) < 4.78 is 5.65. The first-order chi connectivity index (χ1) is 9.43. The summed E-state index contributed by atoms with van der Waals surface area (Å²) in [7, 11) is 0. The molecule has 0 spiro atoms. The Hall–Kier alpha value is -1.71. The van der Waals surface area contributed by atoms with Crippen LogP contribution in [0.4, 0.5) is 4.79 Å². The second kappa shape index (κ2) is 7.78. The van der Waals surface area contributed by atoms with Crippen LogP contribution in [0.5, 0.6) is 5.75 Å². The molecule has 0 aliphatic carbocycles. The lowest BCUT2D eigenvalue weighted by Crippen LogP contribution is -2.37. The number of carbonyl (C=O) groups is 1. The van der Waals surface area contributed by atoms with Crippen LogP contribution >= 0.6 is 0 Å². The van der Waals surface area contributed by atoms with Gasteiger partial charge in [0.2, 0.25) is 0 Å². The van der Waals surface area contributed by atoms with Crippen LogP contribution in [0, 0.1) is 0 Å². The molecule has 1 aromatic carbocycles. The zero-order valence-corrected chi connectivity index (χ0v) is 13.0. The Kier molecular flexibility index (Phi) is 6.36. The monoisotopic (exact) mass is 278 g/mol. The molecule has 0 saturated heterocycles. The maximum atomic E-state index is 11.3. The SMILES string of the molecule is CCCNC(=O)NCCOc1cccc(C(C)(C)C)c1. The quantitative estimate of drug-likeness (QED) is 0.786. The van der Waals surface area contributed by atoms with E-state index in [1.807, 2.05) is 19.1 Å². The van der Waals surface area contributed by atoms with Crippen molar-refractivity contribution in [1.82, 2.24) is 10.6 Å². The maximum Gasteiger partial charge on any atom is 0.314 e. The standard InChI is InChI=1S/C16H26N2O2/c1-5-9-17-15(19)18-10-11-20-14-8-6-7-13(12-14)16(2,3)4/h6-8,12H,5,9-11H2,1-4H3,(H2,17,18,19). The molecule has 20 heavy (non-hydrogen) atoms. The first-order valence-electron chi connectivity index (χ1n) is 7.18. The van der Waals surface area contributed by atoms with Gasteiger partial charge < -0.3 is 15.4 Å². The van der Waals surface area contributed by atoms with E-state index in [1.54, 1.807) is 0 Å². The Morgan fingerprint density at radius 3 is 2.55 bits per heavy atom. The molecular formula is C16H26N2O2. The zero-order chi connectivity index (χ0) is 15.0. The molecular weight excluding hydrogens is 252 g/mol. The van der Waals surface area contributed by atoms with Crippen LogP contribution in [0.3, 0.4) is 0 Å². The Balaban J connectivity index is 2.34. The van der Waals surface area contributed by atoms with E-state index in [4.69, 9.17) is 4.74 Å². The molecule has 4 heteroatoms. The highest BCUT2D eigenvalue weighted by Gasteiger charge is 2.13. The van der Waals surface area contributed by atoms with Crippen LogP contribution in [0.15, 0.2) is 24.3 Å². The summed E-state index contributed by atoms with van der Waals surface area (Å²) in [6, 6.07) is 7.95. The summed E-state index contributed by atoms with van der Waals surface area (Å²) in [6.45, 7) is 10.2. The minimum absolute atomic E-state index is 0.109.